The van der Waals surface area contributed by atoms with Gasteiger partial charge >= 0.3 is 0 Å². The molecule has 0 amide bonds. The highest BCUT2D eigenvalue weighted by molar-refractivity contribution is 7.89. The van der Waals surface area contributed by atoms with Crippen LogP contribution in [0.3, 0.4) is 0 Å². The molecule has 0 atom stereocenters. The van der Waals surface area contributed by atoms with Crippen molar-refractivity contribution in [2.45, 2.75) is 30.6 Å². The van der Waals surface area contributed by atoms with Crippen molar-refractivity contribution in [1.29, 1.82) is 0 Å². The van der Waals surface area contributed by atoms with Gasteiger partial charge in [0.2, 0.25) is 10.0 Å². The number of nitrogens with two attached hydrogens (primary N) is 1. The van der Waals surface area contributed by atoms with Gasteiger partial charge in [0.05, 0.1) is 5.69 Å². The van der Waals surface area contributed by atoms with Crippen LogP contribution in [0.15, 0.2) is 23.1 Å². The first kappa shape index (κ1) is 16.2. The fraction of sp³-hybridized carbons (Fsp3) is 0.571. The Morgan fingerprint density at radius 3 is 2.48 bits per heavy atom. The van der Waals surface area contributed by atoms with E-state index in [-0.39, 0.29) is 10.6 Å². The molecule has 1 aliphatic heterocycles. The number of nitrogens with one attached hydrogen (secondary N) is 1. The molecule has 0 radical (unpaired) electrons. The number of sulfonamides is 1. The number of benzene rings is 1. The van der Waals surface area contributed by atoms with Crippen molar-refractivity contribution in [3.05, 3.63) is 24.0 Å². The van der Waals surface area contributed by atoms with E-state index in [1.165, 1.54) is 18.9 Å². The molecule has 118 valence electrons. The zero-order valence-electron chi connectivity index (χ0n) is 12.0. The Labute approximate surface area is 125 Å². The molecular weight excluding hydrogens is 293 g/mol. The molecule has 7 heteroatoms. The first-order valence-electron chi connectivity index (χ1n) is 7.26. The molecule has 0 unspecified atom stereocenters. The Hall–Kier alpha value is -1.18. The van der Waals surface area contributed by atoms with E-state index in [4.69, 9.17) is 5.73 Å². The van der Waals surface area contributed by atoms with Gasteiger partial charge in [-0.1, -0.05) is 12.8 Å². The monoisotopic (exact) mass is 315 g/mol. The van der Waals surface area contributed by atoms with Crippen molar-refractivity contribution in [1.82, 2.24) is 9.62 Å². The van der Waals surface area contributed by atoms with Crippen molar-refractivity contribution in [3.63, 3.8) is 0 Å². The van der Waals surface area contributed by atoms with Crippen molar-refractivity contribution < 1.29 is 12.8 Å². The Bertz CT molecular complexity index is 570. The summed E-state index contributed by atoms with van der Waals surface area (Å²) >= 11 is 0. The third-order valence-electron chi connectivity index (χ3n) is 3.68. The van der Waals surface area contributed by atoms with Crippen LogP contribution in [0.4, 0.5) is 10.1 Å². The van der Waals surface area contributed by atoms with E-state index >= 15 is 0 Å². The highest BCUT2D eigenvalue weighted by Gasteiger charge is 2.18. The minimum absolute atomic E-state index is 0.0697. The molecule has 5 nitrogen and oxygen atoms in total. The lowest BCUT2D eigenvalue weighted by molar-refractivity contribution is 0.290. The highest BCUT2D eigenvalue weighted by atomic mass is 32.2. The molecule has 0 aromatic heterocycles. The van der Waals surface area contributed by atoms with E-state index in [2.05, 4.69) is 9.62 Å². The Balaban J connectivity index is 1.91. The number of halogens is 1. The van der Waals surface area contributed by atoms with E-state index in [1.807, 2.05) is 0 Å². The van der Waals surface area contributed by atoms with Crippen LogP contribution in [0.25, 0.3) is 0 Å². The van der Waals surface area contributed by atoms with Gasteiger partial charge in [-0.3, -0.25) is 0 Å². The highest BCUT2D eigenvalue weighted by Crippen LogP contribution is 2.18. The van der Waals surface area contributed by atoms with E-state index in [0.717, 1.165) is 38.1 Å². The van der Waals surface area contributed by atoms with Crippen molar-refractivity contribution in [3.8, 4) is 0 Å². The molecule has 0 spiro atoms. The molecule has 2 rings (SSSR count). The fourth-order valence-corrected chi connectivity index (χ4v) is 3.67. The number of hydrogen-bond donors (Lipinski definition) is 2. The molecule has 21 heavy (non-hydrogen) atoms. The average molecular weight is 315 g/mol. The maximum absolute atomic E-state index is 13.0. The molecule has 3 N–H and O–H groups in total. The van der Waals surface area contributed by atoms with Crippen LogP contribution in [0, 0.1) is 5.82 Å². The third-order valence-corrected chi connectivity index (χ3v) is 5.22. The molecule has 1 saturated heterocycles. The standard InChI is InChI=1S/C14H22FN3O2S/c15-12-5-6-14(13(16)11-12)21(19,20)17-7-10-18-8-3-1-2-4-9-18/h5-6,11,17H,1-4,7-10,16H2. The summed E-state index contributed by atoms with van der Waals surface area (Å²) in [6, 6.07) is 3.31. The maximum atomic E-state index is 13.0. The second-order valence-corrected chi connectivity index (χ2v) is 7.07. The van der Waals surface area contributed by atoms with Crippen LogP contribution in [0.5, 0.6) is 0 Å². The van der Waals surface area contributed by atoms with Crippen LogP contribution in [0.1, 0.15) is 25.7 Å². The summed E-state index contributed by atoms with van der Waals surface area (Å²) in [5.74, 6) is -0.545. The van der Waals surface area contributed by atoms with Gasteiger partial charge in [0.15, 0.2) is 0 Å². The van der Waals surface area contributed by atoms with Crippen molar-refractivity contribution in [2.75, 3.05) is 31.9 Å². The Morgan fingerprint density at radius 2 is 1.86 bits per heavy atom. The lowest BCUT2D eigenvalue weighted by atomic mass is 10.2. The van der Waals surface area contributed by atoms with E-state index in [1.54, 1.807) is 0 Å². The Kier molecular flexibility index (Phi) is 5.55. The average Bonchev–Trinajstić information content (AvgIpc) is 2.66. The predicted octanol–water partition coefficient (Wildman–Crippen LogP) is 1.56. The normalized spacial score (nSPS) is 17.6. The number of nitrogen functional groups attached to an aromatic ring is 1. The van der Waals surface area contributed by atoms with Crippen LogP contribution < -0.4 is 10.5 Å². The van der Waals surface area contributed by atoms with Gasteiger partial charge < -0.3 is 10.6 Å². The number of likely N-dealkylation sites (tertiary alicyclic amines) is 1. The fourth-order valence-electron chi connectivity index (χ4n) is 2.54. The second kappa shape index (κ2) is 7.20. The molecule has 0 aliphatic carbocycles. The van der Waals surface area contributed by atoms with Gasteiger partial charge in [0.25, 0.3) is 0 Å². The van der Waals surface area contributed by atoms with Gasteiger partial charge in [-0.25, -0.2) is 17.5 Å². The van der Waals surface area contributed by atoms with Crippen LogP contribution >= 0.6 is 0 Å². The van der Waals surface area contributed by atoms with E-state index in [0.29, 0.717) is 13.1 Å². The zero-order valence-corrected chi connectivity index (χ0v) is 12.8. The predicted molar refractivity (Wildman–Crippen MR) is 80.9 cm³/mol. The molecule has 1 aromatic rings. The van der Waals surface area contributed by atoms with E-state index < -0.39 is 15.8 Å². The summed E-state index contributed by atoms with van der Waals surface area (Å²) in [6.45, 7) is 3.04. The van der Waals surface area contributed by atoms with Gasteiger partial charge in [-0.05, 0) is 44.1 Å². The van der Waals surface area contributed by atoms with Crippen molar-refractivity contribution in [2.24, 2.45) is 0 Å². The molecule has 1 aromatic carbocycles. The third kappa shape index (κ3) is 4.66. The lowest BCUT2D eigenvalue weighted by Gasteiger charge is -2.19. The number of rotatable bonds is 5. The molecule has 0 bridgehead atoms. The molecular formula is C14H22FN3O2S. The number of hydrogen-bond acceptors (Lipinski definition) is 4. The summed E-state index contributed by atoms with van der Waals surface area (Å²) in [6.07, 6.45) is 4.82. The second-order valence-electron chi connectivity index (χ2n) is 5.34. The SMILES string of the molecule is Nc1cc(F)ccc1S(=O)(=O)NCCN1CCCCCC1. The molecule has 1 aliphatic rings. The summed E-state index contributed by atoms with van der Waals surface area (Å²) in [5, 5.41) is 0. The minimum Gasteiger partial charge on any atom is -0.398 e. The largest absolute Gasteiger partial charge is 0.398 e. The summed E-state index contributed by atoms with van der Waals surface area (Å²) in [7, 11) is -3.69. The first-order valence-corrected chi connectivity index (χ1v) is 8.74. The first-order chi connectivity index (χ1) is 9.99. The molecule has 1 fully saturated rings. The minimum atomic E-state index is -3.69. The molecule has 1 heterocycles. The summed E-state index contributed by atoms with van der Waals surface area (Å²) < 4.78 is 39.8. The van der Waals surface area contributed by atoms with Crippen LogP contribution in [0.2, 0.25) is 0 Å². The maximum Gasteiger partial charge on any atom is 0.242 e. The summed E-state index contributed by atoms with van der Waals surface area (Å²) in [4.78, 5) is 2.20. The van der Waals surface area contributed by atoms with Gasteiger partial charge in [0, 0.05) is 13.1 Å². The zero-order chi connectivity index (χ0) is 15.3. The smallest absolute Gasteiger partial charge is 0.242 e. The van der Waals surface area contributed by atoms with E-state index in [9.17, 15) is 12.8 Å². The topological polar surface area (TPSA) is 75.4 Å². The van der Waals surface area contributed by atoms with Gasteiger partial charge in [-0.2, -0.15) is 0 Å². The number of nitrogens with zero attached hydrogens (tertiary/aromatic N) is 1. The Morgan fingerprint density at radius 1 is 1.19 bits per heavy atom. The van der Waals surface area contributed by atoms with Crippen LogP contribution in [-0.2, 0) is 10.0 Å². The van der Waals surface area contributed by atoms with Crippen molar-refractivity contribution >= 4 is 15.7 Å². The van der Waals surface area contributed by atoms with Gasteiger partial charge in [0.1, 0.15) is 10.7 Å². The van der Waals surface area contributed by atoms with Gasteiger partial charge in [-0.15, -0.1) is 0 Å². The lowest BCUT2D eigenvalue weighted by Crippen LogP contribution is -2.35. The molecule has 0 saturated carbocycles. The van der Waals surface area contributed by atoms with Crippen LogP contribution in [-0.4, -0.2) is 39.5 Å². The quantitative estimate of drug-likeness (QED) is 0.809. The summed E-state index contributed by atoms with van der Waals surface area (Å²) in [5.41, 5.74) is 5.50. The number of anilines is 1.